The van der Waals surface area contributed by atoms with Crippen LogP contribution in [0.15, 0.2) is 78.9 Å². The van der Waals surface area contributed by atoms with Gasteiger partial charge in [0.1, 0.15) is 5.75 Å². The minimum absolute atomic E-state index is 0.152. The van der Waals surface area contributed by atoms with Crippen LogP contribution in [0, 0.1) is 0 Å². The van der Waals surface area contributed by atoms with Crippen molar-refractivity contribution in [1.82, 2.24) is 5.32 Å². The molecule has 0 radical (unpaired) electrons. The van der Waals surface area contributed by atoms with Gasteiger partial charge in [0.15, 0.2) is 0 Å². The minimum Gasteiger partial charge on any atom is -0.508 e. The van der Waals surface area contributed by atoms with Crippen molar-refractivity contribution in [3.8, 4) is 5.75 Å². The number of aliphatic hydroxyl groups excluding tert-OH is 1. The normalized spacial score (nSPS) is 13.1. The summed E-state index contributed by atoms with van der Waals surface area (Å²) in [5, 5.41) is 23.0. The highest BCUT2D eigenvalue weighted by atomic mass is 16.3. The highest BCUT2D eigenvalue weighted by molar-refractivity contribution is 5.98. The van der Waals surface area contributed by atoms with Crippen molar-refractivity contribution >= 4 is 11.1 Å². The molecule has 0 aliphatic carbocycles. The number of benzene rings is 3. The molecule has 33 heavy (non-hydrogen) atoms. The largest absolute Gasteiger partial charge is 0.508 e. The Balaban J connectivity index is 2.09. The number of allylic oxidation sites excluding steroid dienone is 1. The summed E-state index contributed by atoms with van der Waals surface area (Å²) in [4.78, 5) is 0. The van der Waals surface area contributed by atoms with Crippen molar-refractivity contribution in [2.75, 3.05) is 13.2 Å². The second kappa shape index (κ2) is 12.4. The van der Waals surface area contributed by atoms with Crippen molar-refractivity contribution in [3.63, 3.8) is 0 Å². The van der Waals surface area contributed by atoms with Crippen LogP contribution in [0.4, 0.5) is 0 Å². The molecule has 3 aromatic rings. The Morgan fingerprint density at radius 2 is 1.42 bits per heavy atom. The monoisotopic (exact) mass is 443 g/mol. The molecule has 0 aliphatic rings. The predicted molar refractivity (Wildman–Crippen MR) is 139 cm³/mol. The SMILES string of the molecule is CCC(CNC(C)C)c1ccc(/C(=C(/CCCO)c2ccccc2)c2ccc(O)cc2)cc1. The van der Waals surface area contributed by atoms with E-state index in [4.69, 9.17) is 0 Å². The molecule has 0 saturated heterocycles. The average Bonchev–Trinajstić information content (AvgIpc) is 2.84. The van der Waals surface area contributed by atoms with Crippen molar-refractivity contribution < 1.29 is 10.2 Å². The second-order valence-corrected chi connectivity index (χ2v) is 8.88. The van der Waals surface area contributed by atoms with Gasteiger partial charge in [0, 0.05) is 19.2 Å². The first-order chi connectivity index (χ1) is 16.0. The first kappa shape index (κ1) is 24.8. The van der Waals surface area contributed by atoms with Crippen LogP contribution in [-0.2, 0) is 0 Å². The number of hydrogen-bond acceptors (Lipinski definition) is 3. The Kier molecular flexibility index (Phi) is 9.29. The molecule has 0 saturated carbocycles. The molecule has 3 N–H and O–H groups in total. The summed E-state index contributed by atoms with van der Waals surface area (Å²) in [5.41, 5.74) is 7.06. The Labute approximate surface area is 198 Å². The number of nitrogens with one attached hydrogen (secondary N) is 1. The van der Waals surface area contributed by atoms with Crippen LogP contribution in [0.25, 0.3) is 11.1 Å². The molecule has 1 unspecified atom stereocenters. The standard InChI is InChI=1S/C30H37NO2/c1-4-23(21-31-22(2)3)24-12-14-26(15-13-24)30(27-16-18-28(33)19-17-27)29(11-8-20-32)25-9-6-5-7-10-25/h5-7,9-10,12-19,22-23,31-33H,4,8,11,20-21H2,1-3H3/b30-29+. The maximum atomic E-state index is 9.87. The van der Waals surface area contributed by atoms with Gasteiger partial charge >= 0.3 is 0 Å². The third-order valence-corrected chi connectivity index (χ3v) is 6.10. The Hall–Kier alpha value is -2.88. The van der Waals surface area contributed by atoms with E-state index in [9.17, 15) is 10.2 Å². The molecule has 0 aliphatic heterocycles. The fraction of sp³-hybridized carbons (Fsp3) is 0.333. The van der Waals surface area contributed by atoms with E-state index in [1.807, 2.05) is 18.2 Å². The van der Waals surface area contributed by atoms with Crippen molar-refractivity contribution in [2.24, 2.45) is 0 Å². The molecule has 0 aromatic heterocycles. The minimum atomic E-state index is 0.152. The Bertz CT molecular complexity index is 1010. The third-order valence-electron chi connectivity index (χ3n) is 6.10. The predicted octanol–water partition coefficient (Wildman–Crippen LogP) is 6.62. The van der Waals surface area contributed by atoms with Gasteiger partial charge in [-0.2, -0.15) is 0 Å². The Morgan fingerprint density at radius 3 is 1.97 bits per heavy atom. The van der Waals surface area contributed by atoms with E-state index in [2.05, 4.69) is 74.6 Å². The van der Waals surface area contributed by atoms with Crippen LogP contribution >= 0.6 is 0 Å². The van der Waals surface area contributed by atoms with Gasteiger partial charge in [-0.25, -0.2) is 0 Å². The van der Waals surface area contributed by atoms with E-state index in [-0.39, 0.29) is 12.4 Å². The molecule has 1 atom stereocenters. The Morgan fingerprint density at radius 1 is 0.818 bits per heavy atom. The van der Waals surface area contributed by atoms with E-state index in [0.717, 1.165) is 41.6 Å². The molecule has 0 spiro atoms. The van der Waals surface area contributed by atoms with E-state index in [1.54, 1.807) is 12.1 Å². The first-order valence-corrected chi connectivity index (χ1v) is 12.1. The summed E-state index contributed by atoms with van der Waals surface area (Å²) < 4.78 is 0. The molecular weight excluding hydrogens is 406 g/mol. The van der Waals surface area contributed by atoms with Gasteiger partial charge < -0.3 is 15.5 Å². The molecule has 3 heteroatoms. The van der Waals surface area contributed by atoms with Crippen molar-refractivity contribution in [3.05, 3.63) is 101 Å². The van der Waals surface area contributed by atoms with Crippen LogP contribution in [-0.4, -0.2) is 29.4 Å². The summed E-state index contributed by atoms with van der Waals surface area (Å²) in [6, 6.07) is 27.2. The molecule has 3 rings (SSSR count). The van der Waals surface area contributed by atoms with Gasteiger partial charge in [0.25, 0.3) is 0 Å². The summed E-state index contributed by atoms with van der Waals surface area (Å²) in [7, 11) is 0. The molecule has 0 amide bonds. The topological polar surface area (TPSA) is 52.5 Å². The van der Waals surface area contributed by atoms with E-state index < -0.39 is 0 Å². The van der Waals surface area contributed by atoms with E-state index in [0.29, 0.717) is 18.4 Å². The molecule has 0 heterocycles. The molecular formula is C30H37NO2. The van der Waals surface area contributed by atoms with Gasteiger partial charge in [-0.1, -0.05) is 87.5 Å². The second-order valence-electron chi connectivity index (χ2n) is 8.88. The fourth-order valence-corrected chi connectivity index (χ4v) is 4.25. The summed E-state index contributed by atoms with van der Waals surface area (Å²) in [5.74, 6) is 0.735. The van der Waals surface area contributed by atoms with Crippen molar-refractivity contribution in [1.29, 1.82) is 0 Å². The highest BCUT2D eigenvalue weighted by Crippen LogP contribution is 2.36. The number of rotatable bonds is 11. The highest BCUT2D eigenvalue weighted by Gasteiger charge is 2.16. The average molecular weight is 444 g/mol. The number of phenolic OH excluding ortho intramolecular Hbond substituents is 1. The lowest BCUT2D eigenvalue weighted by atomic mass is 9.86. The molecule has 0 fully saturated rings. The maximum Gasteiger partial charge on any atom is 0.115 e. The van der Waals surface area contributed by atoms with Crippen LogP contribution in [0.2, 0.25) is 0 Å². The lowest BCUT2D eigenvalue weighted by Gasteiger charge is -2.20. The van der Waals surface area contributed by atoms with Crippen LogP contribution < -0.4 is 5.32 Å². The molecule has 3 nitrogen and oxygen atoms in total. The third kappa shape index (κ3) is 6.80. The summed E-state index contributed by atoms with van der Waals surface area (Å²) >= 11 is 0. The first-order valence-electron chi connectivity index (χ1n) is 12.1. The van der Waals surface area contributed by atoms with Gasteiger partial charge in [-0.3, -0.25) is 0 Å². The smallest absolute Gasteiger partial charge is 0.115 e. The van der Waals surface area contributed by atoms with Gasteiger partial charge in [0.05, 0.1) is 0 Å². The lowest BCUT2D eigenvalue weighted by molar-refractivity contribution is 0.290. The van der Waals surface area contributed by atoms with Crippen LogP contribution in [0.1, 0.15) is 68.2 Å². The van der Waals surface area contributed by atoms with Gasteiger partial charge in [-0.05, 0) is 70.7 Å². The van der Waals surface area contributed by atoms with Gasteiger partial charge in [-0.15, -0.1) is 0 Å². The zero-order valence-corrected chi connectivity index (χ0v) is 20.1. The van der Waals surface area contributed by atoms with E-state index in [1.165, 1.54) is 11.1 Å². The number of aliphatic hydroxyl groups is 1. The van der Waals surface area contributed by atoms with E-state index >= 15 is 0 Å². The maximum absolute atomic E-state index is 9.87. The zero-order valence-electron chi connectivity index (χ0n) is 20.1. The molecule has 0 bridgehead atoms. The lowest BCUT2D eigenvalue weighted by Crippen LogP contribution is -2.27. The van der Waals surface area contributed by atoms with Crippen LogP contribution in [0.5, 0.6) is 5.75 Å². The summed E-state index contributed by atoms with van der Waals surface area (Å²) in [6.45, 7) is 7.73. The van der Waals surface area contributed by atoms with Crippen LogP contribution in [0.3, 0.4) is 0 Å². The fourth-order valence-electron chi connectivity index (χ4n) is 4.25. The number of aromatic hydroxyl groups is 1. The molecule has 174 valence electrons. The zero-order chi connectivity index (χ0) is 23.6. The molecule has 3 aromatic carbocycles. The number of hydrogen-bond donors (Lipinski definition) is 3. The summed E-state index contributed by atoms with van der Waals surface area (Å²) in [6.07, 6.45) is 2.56. The quantitative estimate of drug-likeness (QED) is 0.292. The van der Waals surface area contributed by atoms with Gasteiger partial charge in [0.2, 0.25) is 0 Å². The number of phenols is 1. The van der Waals surface area contributed by atoms with Crippen molar-refractivity contribution in [2.45, 2.75) is 52.0 Å².